The fraction of sp³-hybridized carbons (Fsp3) is 0.0667. The molecule has 0 N–H and O–H groups in total. The number of benzene rings is 2. The zero-order valence-electron chi connectivity index (χ0n) is 10.8. The maximum Gasteiger partial charge on any atom is 0.169 e. The Kier molecular flexibility index (Phi) is 4.03. The average molecular weight is 367 g/mol. The Hall–Kier alpha value is -1.72. The molecule has 0 aliphatic carbocycles. The lowest BCUT2D eigenvalue weighted by atomic mass is 10.2. The van der Waals surface area contributed by atoms with Gasteiger partial charge in [-0.1, -0.05) is 24.3 Å². The van der Waals surface area contributed by atoms with Crippen molar-refractivity contribution in [1.29, 1.82) is 0 Å². The summed E-state index contributed by atoms with van der Waals surface area (Å²) >= 11 is 9.21. The minimum atomic E-state index is -0.345. The van der Waals surface area contributed by atoms with Gasteiger partial charge in [-0.3, -0.25) is 4.57 Å². The zero-order valence-corrected chi connectivity index (χ0v) is 13.1. The molecule has 3 nitrogen and oxygen atoms in total. The summed E-state index contributed by atoms with van der Waals surface area (Å²) in [6, 6.07) is 14.4. The van der Waals surface area contributed by atoms with E-state index in [2.05, 4.69) is 26.1 Å². The molecule has 0 spiro atoms. The fourth-order valence-electron chi connectivity index (χ4n) is 2.10. The Morgan fingerprint density at radius 1 is 1.05 bits per heavy atom. The molecule has 1 aromatic heterocycles. The normalized spacial score (nSPS) is 10.8. The van der Waals surface area contributed by atoms with Crippen LogP contribution in [-0.4, -0.2) is 14.8 Å². The van der Waals surface area contributed by atoms with Gasteiger partial charge in [0, 0.05) is 11.3 Å². The predicted molar refractivity (Wildman–Crippen MR) is 84.0 cm³/mol. The van der Waals surface area contributed by atoms with Crippen LogP contribution in [0.25, 0.3) is 17.1 Å². The molecule has 3 rings (SSSR count). The van der Waals surface area contributed by atoms with Gasteiger partial charge in [-0.25, -0.2) is 4.39 Å². The van der Waals surface area contributed by atoms with Crippen molar-refractivity contribution in [2.75, 3.05) is 0 Å². The molecule has 106 valence electrons. The van der Waals surface area contributed by atoms with Gasteiger partial charge < -0.3 is 0 Å². The Morgan fingerprint density at radius 3 is 2.52 bits per heavy atom. The molecule has 0 unspecified atom stereocenters. The van der Waals surface area contributed by atoms with E-state index < -0.39 is 0 Å². The second-order valence-corrected chi connectivity index (χ2v) is 5.41. The Bertz CT molecular complexity index is 774. The van der Waals surface area contributed by atoms with E-state index >= 15 is 0 Å². The monoisotopic (exact) mass is 365 g/mol. The van der Waals surface area contributed by atoms with Crippen molar-refractivity contribution in [3.63, 3.8) is 0 Å². The summed E-state index contributed by atoms with van der Waals surface area (Å²) in [6.07, 6.45) is 0. The molecule has 0 aliphatic heterocycles. The molecule has 0 fully saturated rings. The molecule has 0 amide bonds. The smallest absolute Gasteiger partial charge is 0.169 e. The first-order chi connectivity index (χ1) is 10.2. The SMILES string of the molecule is Fc1cccc(-c2nnc(CCl)n2-c2ccccc2)c1Br. The second-order valence-electron chi connectivity index (χ2n) is 4.35. The first-order valence-corrected chi connectivity index (χ1v) is 7.55. The van der Waals surface area contributed by atoms with Crippen LogP contribution in [-0.2, 0) is 5.88 Å². The number of rotatable bonds is 3. The van der Waals surface area contributed by atoms with Crippen LogP contribution in [0.5, 0.6) is 0 Å². The number of nitrogens with zero attached hydrogens (tertiary/aromatic N) is 3. The van der Waals surface area contributed by atoms with Crippen LogP contribution in [0.2, 0.25) is 0 Å². The molecule has 2 aromatic carbocycles. The Labute approximate surface area is 134 Å². The van der Waals surface area contributed by atoms with Gasteiger partial charge in [0.2, 0.25) is 0 Å². The summed E-state index contributed by atoms with van der Waals surface area (Å²) in [7, 11) is 0. The molecule has 1 heterocycles. The van der Waals surface area contributed by atoms with E-state index in [0.717, 1.165) is 5.69 Å². The third-order valence-corrected chi connectivity index (χ3v) is 4.10. The maximum atomic E-state index is 13.8. The fourth-order valence-corrected chi connectivity index (χ4v) is 2.72. The summed E-state index contributed by atoms with van der Waals surface area (Å²) in [5, 5.41) is 8.26. The lowest BCUT2D eigenvalue weighted by molar-refractivity contribution is 0.621. The van der Waals surface area contributed by atoms with Crippen molar-refractivity contribution < 1.29 is 4.39 Å². The third-order valence-electron chi connectivity index (χ3n) is 3.06. The molecule has 0 saturated carbocycles. The van der Waals surface area contributed by atoms with Gasteiger partial charge in [0.25, 0.3) is 0 Å². The number of alkyl halides is 1. The Balaban J connectivity index is 2.25. The van der Waals surface area contributed by atoms with Gasteiger partial charge in [0.05, 0.1) is 10.4 Å². The minimum Gasteiger partial charge on any atom is -0.278 e. The number of hydrogen-bond acceptors (Lipinski definition) is 2. The highest BCUT2D eigenvalue weighted by Gasteiger charge is 2.18. The summed E-state index contributed by atoms with van der Waals surface area (Å²) in [4.78, 5) is 0. The highest BCUT2D eigenvalue weighted by molar-refractivity contribution is 9.10. The van der Waals surface area contributed by atoms with Gasteiger partial charge in [-0.2, -0.15) is 0 Å². The first-order valence-electron chi connectivity index (χ1n) is 6.22. The van der Waals surface area contributed by atoms with Crippen LogP contribution < -0.4 is 0 Å². The first kappa shape index (κ1) is 14.2. The van der Waals surface area contributed by atoms with E-state index in [1.807, 2.05) is 34.9 Å². The molecule has 0 atom stereocenters. The summed E-state index contributed by atoms with van der Waals surface area (Å²) in [5.41, 5.74) is 1.51. The molecule has 0 radical (unpaired) electrons. The molecule has 3 aromatic rings. The van der Waals surface area contributed by atoms with Gasteiger partial charge in [0.1, 0.15) is 5.82 Å². The van der Waals surface area contributed by atoms with E-state index in [4.69, 9.17) is 11.6 Å². The van der Waals surface area contributed by atoms with Gasteiger partial charge in [0.15, 0.2) is 11.6 Å². The van der Waals surface area contributed by atoms with Crippen LogP contribution in [0.15, 0.2) is 53.0 Å². The minimum absolute atomic E-state index is 0.217. The lowest BCUT2D eigenvalue weighted by Gasteiger charge is -2.10. The number of aromatic nitrogens is 3. The second kappa shape index (κ2) is 5.95. The Morgan fingerprint density at radius 2 is 1.81 bits per heavy atom. The van der Waals surface area contributed by atoms with Crippen LogP contribution in [0, 0.1) is 5.82 Å². The molecule has 0 saturated heterocycles. The lowest BCUT2D eigenvalue weighted by Crippen LogP contribution is -2.02. The van der Waals surface area contributed by atoms with E-state index in [9.17, 15) is 4.39 Å². The van der Waals surface area contributed by atoms with Gasteiger partial charge in [-0.15, -0.1) is 21.8 Å². The maximum absolute atomic E-state index is 13.8. The summed E-state index contributed by atoms with van der Waals surface area (Å²) in [6.45, 7) is 0. The highest BCUT2D eigenvalue weighted by atomic mass is 79.9. The van der Waals surface area contributed by atoms with Crippen molar-refractivity contribution in [2.24, 2.45) is 0 Å². The van der Waals surface area contributed by atoms with Crippen molar-refractivity contribution in [2.45, 2.75) is 5.88 Å². The molecular weight excluding hydrogens is 357 g/mol. The number of hydrogen-bond donors (Lipinski definition) is 0. The quantitative estimate of drug-likeness (QED) is 0.636. The molecule has 0 aliphatic rings. The van der Waals surface area contributed by atoms with Crippen molar-refractivity contribution in [3.8, 4) is 17.1 Å². The van der Waals surface area contributed by atoms with Crippen molar-refractivity contribution in [1.82, 2.24) is 14.8 Å². The van der Waals surface area contributed by atoms with Crippen LogP contribution in [0.3, 0.4) is 0 Å². The predicted octanol–water partition coefficient (Wildman–Crippen LogP) is 4.57. The van der Waals surface area contributed by atoms with Crippen molar-refractivity contribution in [3.05, 3.63) is 64.6 Å². The molecule has 0 bridgehead atoms. The number of halogens is 3. The average Bonchev–Trinajstić information content (AvgIpc) is 2.94. The largest absolute Gasteiger partial charge is 0.278 e. The van der Waals surface area contributed by atoms with E-state index in [1.165, 1.54) is 6.07 Å². The summed E-state index contributed by atoms with van der Waals surface area (Å²) in [5.74, 6) is 1.02. The van der Waals surface area contributed by atoms with E-state index in [1.54, 1.807) is 12.1 Å². The topological polar surface area (TPSA) is 30.7 Å². The van der Waals surface area contributed by atoms with Crippen LogP contribution >= 0.6 is 27.5 Å². The standard InChI is InChI=1S/C15H10BrClFN3/c16-14-11(7-4-8-12(14)18)15-20-19-13(9-17)21(15)10-5-2-1-3-6-10/h1-8H,9H2. The van der Waals surface area contributed by atoms with E-state index in [-0.39, 0.29) is 11.7 Å². The third kappa shape index (κ3) is 2.59. The number of para-hydroxylation sites is 1. The van der Waals surface area contributed by atoms with Crippen molar-refractivity contribution >= 4 is 27.5 Å². The van der Waals surface area contributed by atoms with Gasteiger partial charge in [-0.05, 0) is 40.2 Å². The molecule has 6 heteroatoms. The van der Waals surface area contributed by atoms with Crippen LogP contribution in [0.4, 0.5) is 4.39 Å². The highest BCUT2D eigenvalue weighted by Crippen LogP contribution is 2.31. The molecular formula is C15H10BrClFN3. The summed E-state index contributed by atoms with van der Waals surface area (Å²) < 4.78 is 15.9. The van der Waals surface area contributed by atoms with Gasteiger partial charge >= 0.3 is 0 Å². The van der Waals surface area contributed by atoms with E-state index in [0.29, 0.717) is 21.7 Å². The molecule has 21 heavy (non-hydrogen) atoms. The van der Waals surface area contributed by atoms with Crippen LogP contribution in [0.1, 0.15) is 5.82 Å². The zero-order chi connectivity index (χ0) is 14.8.